The van der Waals surface area contributed by atoms with Crippen LogP contribution in [-0.2, 0) is 4.79 Å². The summed E-state index contributed by atoms with van der Waals surface area (Å²) < 4.78 is 13.7. The van der Waals surface area contributed by atoms with Gasteiger partial charge < -0.3 is 16.4 Å². The maximum atomic E-state index is 13.7. The smallest absolute Gasteiger partial charge is 0.254 e. The van der Waals surface area contributed by atoms with Crippen molar-refractivity contribution in [1.29, 1.82) is 0 Å². The van der Waals surface area contributed by atoms with E-state index in [2.05, 4.69) is 10.6 Å². The van der Waals surface area contributed by atoms with Gasteiger partial charge in [0.1, 0.15) is 5.82 Å². The maximum Gasteiger partial charge on any atom is 0.254 e. The lowest BCUT2D eigenvalue weighted by Crippen LogP contribution is -2.49. The molecule has 0 aromatic heterocycles. The predicted octanol–water partition coefficient (Wildman–Crippen LogP) is 2.03. The molecule has 0 aliphatic rings. The first-order valence-corrected chi connectivity index (χ1v) is 6.95. The molecule has 6 heteroatoms. The van der Waals surface area contributed by atoms with Crippen LogP contribution < -0.4 is 16.4 Å². The molecule has 0 atom stereocenters. The van der Waals surface area contributed by atoms with Crippen molar-refractivity contribution in [2.75, 3.05) is 11.9 Å². The molecule has 0 aliphatic carbocycles. The van der Waals surface area contributed by atoms with Crippen LogP contribution in [0.1, 0.15) is 44.0 Å². The molecule has 1 aromatic carbocycles. The molecule has 5 nitrogen and oxygen atoms in total. The highest BCUT2D eigenvalue weighted by molar-refractivity contribution is 5.97. The van der Waals surface area contributed by atoms with Crippen LogP contribution in [-0.4, -0.2) is 23.9 Å². The van der Waals surface area contributed by atoms with E-state index in [-0.39, 0.29) is 18.0 Å². The van der Waals surface area contributed by atoms with Crippen LogP contribution in [0.4, 0.5) is 10.1 Å². The van der Waals surface area contributed by atoms with Gasteiger partial charge in [-0.05, 0) is 31.0 Å². The first-order chi connectivity index (χ1) is 9.81. The number of rotatable bonds is 6. The van der Waals surface area contributed by atoms with E-state index in [0.717, 1.165) is 6.07 Å². The van der Waals surface area contributed by atoms with Crippen LogP contribution in [0.3, 0.4) is 0 Å². The van der Waals surface area contributed by atoms with Gasteiger partial charge in [0.05, 0.1) is 5.56 Å². The normalized spacial score (nSPS) is 11.1. The molecule has 0 heterocycles. The van der Waals surface area contributed by atoms with E-state index in [1.807, 2.05) is 13.8 Å². The number of nitrogens with two attached hydrogens (primary N) is 1. The lowest BCUT2D eigenvalue weighted by Gasteiger charge is -2.26. The molecule has 0 bridgehead atoms. The number of halogens is 1. The first-order valence-electron chi connectivity index (χ1n) is 6.95. The largest absolute Gasteiger partial charge is 0.350 e. The molecule has 0 radical (unpaired) electrons. The molecular formula is C15H22FN3O2. The fourth-order valence-corrected chi connectivity index (χ4v) is 1.83. The molecule has 0 spiro atoms. The Morgan fingerprint density at radius 1 is 1.29 bits per heavy atom. The summed E-state index contributed by atoms with van der Waals surface area (Å²) in [6.45, 7) is 5.48. The zero-order valence-corrected chi connectivity index (χ0v) is 12.6. The molecule has 0 aliphatic heterocycles. The van der Waals surface area contributed by atoms with Gasteiger partial charge in [0.2, 0.25) is 5.91 Å². The van der Waals surface area contributed by atoms with E-state index >= 15 is 0 Å². The molecule has 116 valence electrons. The summed E-state index contributed by atoms with van der Waals surface area (Å²) >= 11 is 0. The van der Waals surface area contributed by atoms with Crippen molar-refractivity contribution in [3.8, 4) is 0 Å². The molecule has 0 saturated carbocycles. The standard InChI is InChI=1S/C15H22FN3O2/c1-4-15(17,5-2)9-18-14(21)12-8-11(19-10(3)20)6-7-13(12)16/h6-8H,4-5,9,17H2,1-3H3,(H,18,21)(H,19,20). The van der Waals surface area contributed by atoms with Gasteiger partial charge in [-0.15, -0.1) is 0 Å². The summed E-state index contributed by atoms with van der Waals surface area (Å²) in [6, 6.07) is 3.86. The van der Waals surface area contributed by atoms with Crippen LogP contribution >= 0.6 is 0 Å². The maximum absolute atomic E-state index is 13.7. The molecule has 1 aromatic rings. The Hall–Kier alpha value is -1.95. The molecule has 0 unspecified atom stereocenters. The number of benzene rings is 1. The summed E-state index contributed by atoms with van der Waals surface area (Å²) in [6.07, 6.45) is 1.41. The van der Waals surface area contributed by atoms with Gasteiger partial charge in [-0.3, -0.25) is 9.59 Å². The van der Waals surface area contributed by atoms with Crippen molar-refractivity contribution in [1.82, 2.24) is 5.32 Å². The minimum absolute atomic E-state index is 0.115. The fourth-order valence-electron chi connectivity index (χ4n) is 1.83. The number of nitrogens with one attached hydrogen (secondary N) is 2. The number of carbonyl (C=O) groups is 2. The van der Waals surface area contributed by atoms with Crippen LogP contribution in [0.5, 0.6) is 0 Å². The summed E-state index contributed by atoms with van der Waals surface area (Å²) in [4.78, 5) is 23.1. The third kappa shape index (κ3) is 4.82. The molecule has 21 heavy (non-hydrogen) atoms. The molecular weight excluding hydrogens is 273 g/mol. The van der Waals surface area contributed by atoms with E-state index in [4.69, 9.17) is 5.73 Å². The minimum atomic E-state index is -0.641. The molecule has 0 saturated heterocycles. The van der Waals surface area contributed by atoms with Gasteiger partial charge in [0.15, 0.2) is 0 Å². The van der Waals surface area contributed by atoms with Crippen molar-refractivity contribution in [2.45, 2.75) is 39.2 Å². The second-order valence-corrected chi connectivity index (χ2v) is 5.13. The van der Waals surface area contributed by atoms with E-state index < -0.39 is 17.3 Å². The van der Waals surface area contributed by atoms with Gasteiger partial charge in [0, 0.05) is 24.7 Å². The lowest BCUT2D eigenvalue weighted by molar-refractivity contribution is -0.114. The Kier molecular flexibility index (Phi) is 5.84. The van der Waals surface area contributed by atoms with Crippen LogP contribution in [0.25, 0.3) is 0 Å². The van der Waals surface area contributed by atoms with E-state index in [1.165, 1.54) is 19.1 Å². The second-order valence-electron chi connectivity index (χ2n) is 5.13. The topological polar surface area (TPSA) is 84.2 Å². The number of anilines is 1. The number of hydrogen-bond donors (Lipinski definition) is 3. The zero-order valence-electron chi connectivity index (χ0n) is 12.6. The SMILES string of the molecule is CCC(N)(CC)CNC(=O)c1cc(NC(C)=O)ccc1F. The fraction of sp³-hybridized carbons (Fsp3) is 0.467. The van der Waals surface area contributed by atoms with E-state index in [0.29, 0.717) is 18.5 Å². The molecule has 4 N–H and O–H groups in total. The highest BCUT2D eigenvalue weighted by Gasteiger charge is 2.22. The Labute approximate surface area is 124 Å². The predicted molar refractivity (Wildman–Crippen MR) is 80.5 cm³/mol. The van der Waals surface area contributed by atoms with E-state index in [9.17, 15) is 14.0 Å². The van der Waals surface area contributed by atoms with Crippen molar-refractivity contribution in [3.05, 3.63) is 29.6 Å². The van der Waals surface area contributed by atoms with Gasteiger partial charge in [-0.25, -0.2) is 4.39 Å². The van der Waals surface area contributed by atoms with Gasteiger partial charge in [0.25, 0.3) is 5.91 Å². The zero-order chi connectivity index (χ0) is 16.0. The average Bonchev–Trinajstić information content (AvgIpc) is 2.46. The number of amides is 2. The Morgan fingerprint density at radius 3 is 2.43 bits per heavy atom. The Morgan fingerprint density at radius 2 is 1.90 bits per heavy atom. The third-order valence-corrected chi connectivity index (χ3v) is 3.54. The van der Waals surface area contributed by atoms with Crippen molar-refractivity contribution in [2.24, 2.45) is 5.73 Å². The van der Waals surface area contributed by atoms with Crippen molar-refractivity contribution >= 4 is 17.5 Å². The molecule has 1 rings (SSSR count). The van der Waals surface area contributed by atoms with Crippen LogP contribution in [0.15, 0.2) is 18.2 Å². The van der Waals surface area contributed by atoms with Gasteiger partial charge in [-0.2, -0.15) is 0 Å². The highest BCUT2D eigenvalue weighted by Crippen LogP contribution is 2.16. The minimum Gasteiger partial charge on any atom is -0.350 e. The average molecular weight is 295 g/mol. The quantitative estimate of drug-likeness (QED) is 0.751. The number of carbonyl (C=O) groups excluding carboxylic acids is 2. The molecule has 2 amide bonds. The van der Waals surface area contributed by atoms with Gasteiger partial charge >= 0.3 is 0 Å². The monoisotopic (exact) mass is 295 g/mol. The van der Waals surface area contributed by atoms with Crippen LogP contribution in [0.2, 0.25) is 0 Å². The summed E-state index contributed by atoms with van der Waals surface area (Å²) in [5, 5.41) is 5.16. The van der Waals surface area contributed by atoms with Crippen LogP contribution in [0, 0.1) is 5.82 Å². The first kappa shape index (κ1) is 17.1. The third-order valence-electron chi connectivity index (χ3n) is 3.54. The Balaban J connectivity index is 2.84. The second kappa shape index (κ2) is 7.17. The van der Waals surface area contributed by atoms with Crippen molar-refractivity contribution < 1.29 is 14.0 Å². The number of hydrogen-bond acceptors (Lipinski definition) is 3. The van der Waals surface area contributed by atoms with E-state index in [1.54, 1.807) is 0 Å². The lowest BCUT2D eigenvalue weighted by atomic mass is 9.94. The Bertz CT molecular complexity index is 528. The summed E-state index contributed by atoms with van der Waals surface area (Å²) in [5.41, 5.74) is 5.85. The molecule has 0 fully saturated rings. The highest BCUT2D eigenvalue weighted by atomic mass is 19.1. The van der Waals surface area contributed by atoms with Gasteiger partial charge in [-0.1, -0.05) is 13.8 Å². The van der Waals surface area contributed by atoms with Crippen molar-refractivity contribution in [3.63, 3.8) is 0 Å². The summed E-state index contributed by atoms with van der Waals surface area (Å²) in [7, 11) is 0. The summed E-state index contributed by atoms with van der Waals surface area (Å²) in [5.74, 6) is -1.47.